The molecule has 0 saturated carbocycles. The van der Waals surface area contributed by atoms with Crippen molar-refractivity contribution in [2.75, 3.05) is 0 Å². The van der Waals surface area contributed by atoms with Crippen LogP contribution in [0, 0.1) is 0 Å². The number of rotatable bonds is 5. The van der Waals surface area contributed by atoms with E-state index in [4.69, 9.17) is 16.3 Å². The van der Waals surface area contributed by atoms with Gasteiger partial charge in [0.1, 0.15) is 5.75 Å². The topological polar surface area (TPSA) is 51.2 Å². The Bertz CT molecular complexity index is 575. The number of halogens is 1. The third kappa shape index (κ3) is 3.96. The molecule has 0 unspecified atom stereocenters. The fourth-order valence-electron chi connectivity index (χ4n) is 1.62. The molecule has 0 aliphatic rings. The molecule has 1 aromatic carbocycles. The van der Waals surface area contributed by atoms with E-state index < -0.39 is 6.10 Å². The number of carbonyl (C=O) groups is 1. The number of aromatic nitrogens is 1. The molecular weight excluding hydrogens is 276 g/mol. The van der Waals surface area contributed by atoms with Gasteiger partial charge >= 0.3 is 0 Å². The van der Waals surface area contributed by atoms with Crippen LogP contribution in [0.4, 0.5) is 0 Å². The fourth-order valence-corrected chi connectivity index (χ4v) is 1.80. The van der Waals surface area contributed by atoms with E-state index in [0.717, 1.165) is 5.56 Å². The molecule has 20 heavy (non-hydrogen) atoms. The van der Waals surface area contributed by atoms with E-state index in [1.54, 1.807) is 31.5 Å². The maximum absolute atomic E-state index is 11.9. The fraction of sp³-hybridized carbons (Fsp3) is 0.200. The summed E-state index contributed by atoms with van der Waals surface area (Å²) in [6.45, 7) is 2.10. The molecule has 5 heteroatoms. The highest BCUT2D eigenvalue weighted by atomic mass is 35.5. The standard InChI is InChI=1S/C15H15ClN2O2/c1-11(20-14-7-3-2-6-13(14)16)15(19)18-10-12-5-4-8-17-9-12/h2-9,11H,10H2,1H3,(H,18,19)/t11-/m1/s1. The molecule has 0 bridgehead atoms. The van der Waals surface area contributed by atoms with E-state index in [2.05, 4.69) is 10.3 Å². The summed E-state index contributed by atoms with van der Waals surface area (Å²) in [6, 6.07) is 10.8. The van der Waals surface area contributed by atoms with Crippen molar-refractivity contribution < 1.29 is 9.53 Å². The van der Waals surface area contributed by atoms with Crippen LogP contribution in [-0.2, 0) is 11.3 Å². The van der Waals surface area contributed by atoms with Crippen molar-refractivity contribution in [3.63, 3.8) is 0 Å². The van der Waals surface area contributed by atoms with Gasteiger partial charge in [0.2, 0.25) is 0 Å². The van der Waals surface area contributed by atoms with E-state index in [1.165, 1.54) is 0 Å². The van der Waals surface area contributed by atoms with Crippen molar-refractivity contribution in [1.29, 1.82) is 0 Å². The van der Waals surface area contributed by atoms with Gasteiger partial charge in [0, 0.05) is 18.9 Å². The number of hydrogen-bond donors (Lipinski definition) is 1. The van der Waals surface area contributed by atoms with E-state index >= 15 is 0 Å². The minimum absolute atomic E-state index is 0.200. The second-order valence-corrected chi connectivity index (χ2v) is 4.68. The number of nitrogens with zero attached hydrogens (tertiary/aromatic N) is 1. The van der Waals surface area contributed by atoms with Gasteiger partial charge in [-0.25, -0.2) is 0 Å². The maximum Gasteiger partial charge on any atom is 0.261 e. The van der Waals surface area contributed by atoms with Crippen LogP contribution in [0.25, 0.3) is 0 Å². The van der Waals surface area contributed by atoms with Gasteiger partial charge < -0.3 is 10.1 Å². The lowest BCUT2D eigenvalue weighted by atomic mass is 10.2. The Kier molecular flexibility index (Phi) is 4.96. The Morgan fingerprint density at radius 1 is 1.35 bits per heavy atom. The summed E-state index contributed by atoms with van der Waals surface area (Å²) >= 11 is 5.98. The SMILES string of the molecule is C[C@@H](Oc1ccccc1Cl)C(=O)NCc1cccnc1. The molecule has 0 aliphatic carbocycles. The van der Waals surface area contributed by atoms with Crippen LogP contribution in [0.1, 0.15) is 12.5 Å². The third-order valence-corrected chi connectivity index (χ3v) is 3.01. The van der Waals surface area contributed by atoms with Crippen molar-refractivity contribution in [3.05, 3.63) is 59.4 Å². The Hall–Kier alpha value is -2.07. The van der Waals surface area contributed by atoms with Crippen molar-refractivity contribution in [2.24, 2.45) is 0 Å². The number of pyridine rings is 1. The normalized spacial score (nSPS) is 11.7. The Morgan fingerprint density at radius 3 is 2.85 bits per heavy atom. The molecule has 0 aliphatic heterocycles. The average Bonchev–Trinajstić information content (AvgIpc) is 2.48. The molecule has 1 amide bonds. The zero-order valence-corrected chi connectivity index (χ0v) is 11.8. The summed E-state index contributed by atoms with van der Waals surface area (Å²) in [7, 11) is 0. The first-order valence-corrected chi connectivity index (χ1v) is 6.62. The Morgan fingerprint density at radius 2 is 2.15 bits per heavy atom. The molecule has 0 radical (unpaired) electrons. The lowest BCUT2D eigenvalue weighted by molar-refractivity contribution is -0.127. The van der Waals surface area contributed by atoms with Crippen LogP contribution < -0.4 is 10.1 Å². The van der Waals surface area contributed by atoms with Gasteiger partial charge in [-0.05, 0) is 30.7 Å². The largest absolute Gasteiger partial charge is 0.479 e. The lowest BCUT2D eigenvalue weighted by Gasteiger charge is -2.15. The molecule has 0 fully saturated rings. The zero-order valence-electron chi connectivity index (χ0n) is 11.0. The van der Waals surface area contributed by atoms with Crippen LogP contribution >= 0.6 is 11.6 Å². The summed E-state index contributed by atoms with van der Waals surface area (Å²) in [5.41, 5.74) is 0.936. The minimum atomic E-state index is -0.619. The third-order valence-electron chi connectivity index (χ3n) is 2.70. The second kappa shape index (κ2) is 6.91. The van der Waals surface area contributed by atoms with Crippen LogP contribution in [0.15, 0.2) is 48.8 Å². The molecule has 0 spiro atoms. The van der Waals surface area contributed by atoms with Crippen LogP contribution in [0.3, 0.4) is 0 Å². The average molecular weight is 291 g/mol. The summed E-state index contributed by atoms with van der Waals surface area (Å²) < 4.78 is 5.54. The highest BCUT2D eigenvalue weighted by molar-refractivity contribution is 6.32. The first-order valence-electron chi connectivity index (χ1n) is 6.24. The van der Waals surface area contributed by atoms with Crippen LogP contribution in [-0.4, -0.2) is 17.0 Å². The van der Waals surface area contributed by atoms with Crippen molar-refractivity contribution >= 4 is 17.5 Å². The first-order chi connectivity index (χ1) is 9.66. The van der Waals surface area contributed by atoms with Crippen LogP contribution in [0.5, 0.6) is 5.75 Å². The molecule has 104 valence electrons. The Labute approximate surface area is 122 Å². The molecular formula is C15H15ClN2O2. The van der Waals surface area contributed by atoms with Gasteiger partial charge in [-0.3, -0.25) is 9.78 Å². The van der Waals surface area contributed by atoms with Gasteiger partial charge in [0.05, 0.1) is 5.02 Å². The quantitative estimate of drug-likeness (QED) is 0.921. The second-order valence-electron chi connectivity index (χ2n) is 4.27. The number of amides is 1. The van der Waals surface area contributed by atoms with Crippen molar-refractivity contribution in [3.8, 4) is 5.75 Å². The van der Waals surface area contributed by atoms with E-state index in [9.17, 15) is 4.79 Å². The molecule has 2 rings (SSSR count). The predicted octanol–water partition coefficient (Wildman–Crippen LogP) is 2.82. The number of para-hydroxylation sites is 1. The highest BCUT2D eigenvalue weighted by Crippen LogP contribution is 2.24. The van der Waals surface area contributed by atoms with E-state index in [1.807, 2.05) is 24.3 Å². The van der Waals surface area contributed by atoms with E-state index in [0.29, 0.717) is 17.3 Å². The molecule has 0 saturated heterocycles. The van der Waals surface area contributed by atoms with Gasteiger partial charge in [-0.2, -0.15) is 0 Å². The number of hydrogen-bond acceptors (Lipinski definition) is 3. The van der Waals surface area contributed by atoms with Gasteiger partial charge in [0.25, 0.3) is 5.91 Å². The number of carbonyl (C=O) groups excluding carboxylic acids is 1. The maximum atomic E-state index is 11.9. The van der Waals surface area contributed by atoms with E-state index in [-0.39, 0.29) is 5.91 Å². The smallest absolute Gasteiger partial charge is 0.261 e. The Balaban J connectivity index is 1.88. The number of benzene rings is 1. The van der Waals surface area contributed by atoms with Crippen molar-refractivity contribution in [1.82, 2.24) is 10.3 Å². The van der Waals surface area contributed by atoms with Gasteiger partial charge in [-0.15, -0.1) is 0 Å². The zero-order chi connectivity index (χ0) is 14.4. The molecule has 1 aromatic heterocycles. The van der Waals surface area contributed by atoms with Gasteiger partial charge in [0.15, 0.2) is 6.10 Å². The molecule has 1 heterocycles. The minimum Gasteiger partial charge on any atom is -0.479 e. The monoisotopic (exact) mass is 290 g/mol. The molecule has 1 atom stereocenters. The number of ether oxygens (including phenoxy) is 1. The molecule has 4 nitrogen and oxygen atoms in total. The van der Waals surface area contributed by atoms with Crippen molar-refractivity contribution in [2.45, 2.75) is 19.6 Å². The molecule has 1 N–H and O–H groups in total. The summed E-state index contributed by atoms with van der Waals surface area (Å²) in [5, 5.41) is 3.28. The highest BCUT2D eigenvalue weighted by Gasteiger charge is 2.15. The predicted molar refractivity (Wildman–Crippen MR) is 77.6 cm³/mol. The summed E-state index contributed by atoms with van der Waals surface area (Å²) in [5.74, 6) is 0.298. The van der Waals surface area contributed by atoms with Gasteiger partial charge in [-0.1, -0.05) is 29.8 Å². The first kappa shape index (κ1) is 14.3. The number of nitrogens with one attached hydrogen (secondary N) is 1. The molecule has 2 aromatic rings. The van der Waals surface area contributed by atoms with Crippen LogP contribution in [0.2, 0.25) is 5.02 Å². The lowest BCUT2D eigenvalue weighted by Crippen LogP contribution is -2.35. The summed E-state index contributed by atoms with van der Waals surface area (Å²) in [6.07, 6.45) is 2.78. The summed E-state index contributed by atoms with van der Waals surface area (Å²) in [4.78, 5) is 15.9.